The standard InChI is InChI=1S/C16H22N2O/c1-13-7-10-18-11-14(13)15(19)16(12-17)8-5-3-2-4-6-9-16/h7,10-11,15,19H,2-6,8-9H2,1H3. The molecule has 3 heteroatoms. The number of nitrogens with zero attached hydrogens (tertiary/aromatic N) is 2. The van der Waals surface area contributed by atoms with Gasteiger partial charge in [-0.15, -0.1) is 0 Å². The number of aliphatic hydroxyl groups is 1. The highest BCUT2D eigenvalue weighted by Crippen LogP contribution is 2.44. The summed E-state index contributed by atoms with van der Waals surface area (Å²) in [4.78, 5) is 4.10. The van der Waals surface area contributed by atoms with Crippen LogP contribution in [0.25, 0.3) is 0 Å². The summed E-state index contributed by atoms with van der Waals surface area (Å²) in [6, 6.07) is 4.33. The van der Waals surface area contributed by atoms with Crippen LogP contribution in [0, 0.1) is 23.7 Å². The van der Waals surface area contributed by atoms with E-state index in [1.165, 1.54) is 19.3 Å². The van der Waals surface area contributed by atoms with E-state index in [0.717, 1.165) is 36.8 Å². The largest absolute Gasteiger partial charge is 0.387 e. The van der Waals surface area contributed by atoms with E-state index >= 15 is 0 Å². The zero-order chi connectivity index (χ0) is 13.7. The lowest BCUT2D eigenvalue weighted by molar-refractivity contribution is 0.0427. The van der Waals surface area contributed by atoms with Crippen molar-refractivity contribution in [2.45, 2.75) is 58.0 Å². The molecule has 0 aliphatic heterocycles. The number of rotatable bonds is 2. The fraction of sp³-hybridized carbons (Fsp3) is 0.625. The first-order valence-electron chi connectivity index (χ1n) is 7.19. The quantitative estimate of drug-likeness (QED) is 0.880. The number of hydrogen-bond acceptors (Lipinski definition) is 3. The van der Waals surface area contributed by atoms with Crippen molar-refractivity contribution in [3.8, 4) is 6.07 Å². The van der Waals surface area contributed by atoms with Gasteiger partial charge in [0, 0.05) is 18.0 Å². The second-order valence-electron chi connectivity index (χ2n) is 5.67. The lowest BCUT2D eigenvalue weighted by Gasteiger charge is -2.34. The number of pyridine rings is 1. The Kier molecular flexibility index (Phi) is 4.55. The van der Waals surface area contributed by atoms with Crippen molar-refractivity contribution in [1.29, 1.82) is 5.26 Å². The molecule has 1 aliphatic rings. The van der Waals surface area contributed by atoms with Crippen molar-refractivity contribution in [3.05, 3.63) is 29.6 Å². The number of aliphatic hydroxyl groups excluding tert-OH is 1. The number of aryl methyl sites for hydroxylation is 1. The normalized spacial score (nSPS) is 20.9. The number of hydrogen-bond donors (Lipinski definition) is 1. The molecule has 1 aromatic rings. The maximum Gasteiger partial charge on any atom is 0.0993 e. The third-order valence-corrected chi connectivity index (χ3v) is 4.37. The highest BCUT2D eigenvalue weighted by atomic mass is 16.3. The smallest absolute Gasteiger partial charge is 0.0993 e. The van der Waals surface area contributed by atoms with Gasteiger partial charge in [-0.2, -0.15) is 5.26 Å². The van der Waals surface area contributed by atoms with E-state index < -0.39 is 11.5 Å². The third-order valence-electron chi connectivity index (χ3n) is 4.37. The van der Waals surface area contributed by atoms with Crippen LogP contribution in [-0.4, -0.2) is 10.1 Å². The van der Waals surface area contributed by atoms with E-state index in [0.29, 0.717) is 0 Å². The first-order chi connectivity index (χ1) is 9.19. The average Bonchev–Trinajstić information content (AvgIpc) is 2.39. The Balaban J connectivity index is 2.29. The fourth-order valence-electron chi connectivity index (χ4n) is 3.04. The monoisotopic (exact) mass is 258 g/mol. The Labute approximate surface area is 115 Å². The van der Waals surface area contributed by atoms with E-state index in [1.54, 1.807) is 12.4 Å². The molecule has 1 aromatic heterocycles. The van der Waals surface area contributed by atoms with Crippen molar-refractivity contribution in [3.63, 3.8) is 0 Å². The topological polar surface area (TPSA) is 56.9 Å². The summed E-state index contributed by atoms with van der Waals surface area (Å²) in [7, 11) is 0. The zero-order valence-electron chi connectivity index (χ0n) is 11.6. The summed E-state index contributed by atoms with van der Waals surface area (Å²) in [6.07, 6.45) is 9.95. The molecule has 1 N–H and O–H groups in total. The number of aromatic nitrogens is 1. The van der Waals surface area contributed by atoms with Gasteiger partial charge in [-0.1, -0.05) is 32.1 Å². The second kappa shape index (κ2) is 6.16. The summed E-state index contributed by atoms with van der Waals surface area (Å²) in [6.45, 7) is 1.97. The van der Waals surface area contributed by atoms with Gasteiger partial charge in [-0.05, 0) is 31.4 Å². The Morgan fingerprint density at radius 3 is 2.47 bits per heavy atom. The summed E-state index contributed by atoms with van der Waals surface area (Å²) in [5, 5.41) is 20.4. The maximum absolute atomic E-state index is 10.7. The average molecular weight is 258 g/mol. The molecule has 1 atom stereocenters. The molecule has 0 amide bonds. The van der Waals surface area contributed by atoms with Crippen molar-refractivity contribution < 1.29 is 5.11 Å². The highest BCUT2D eigenvalue weighted by Gasteiger charge is 2.39. The van der Waals surface area contributed by atoms with Crippen LogP contribution >= 0.6 is 0 Å². The van der Waals surface area contributed by atoms with Crippen LogP contribution in [0.15, 0.2) is 18.5 Å². The molecule has 0 aromatic carbocycles. The molecular weight excluding hydrogens is 236 g/mol. The van der Waals surface area contributed by atoms with Crippen LogP contribution in [0.5, 0.6) is 0 Å². The van der Waals surface area contributed by atoms with Gasteiger partial charge < -0.3 is 5.11 Å². The molecule has 0 saturated heterocycles. The van der Waals surface area contributed by atoms with Crippen LogP contribution in [0.2, 0.25) is 0 Å². The van der Waals surface area contributed by atoms with Gasteiger partial charge in [-0.3, -0.25) is 4.98 Å². The van der Waals surface area contributed by atoms with E-state index in [2.05, 4.69) is 11.1 Å². The predicted molar refractivity (Wildman–Crippen MR) is 74.3 cm³/mol. The van der Waals surface area contributed by atoms with Crippen LogP contribution < -0.4 is 0 Å². The SMILES string of the molecule is Cc1ccncc1C(O)C1(C#N)CCCCCCC1. The van der Waals surface area contributed by atoms with Gasteiger partial charge in [-0.25, -0.2) is 0 Å². The molecule has 0 bridgehead atoms. The Hall–Kier alpha value is -1.40. The van der Waals surface area contributed by atoms with Gasteiger partial charge >= 0.3 is 0 Å². The first kappa shape index (κ1) is 14.0. The summed E-state index contributed by atoms with van der Waals surface area (Å²) < 4.78 is 0. The lowest BCUT2D eigenvalue weighted by atomic mass is 9.71. The van der Waals surface area contributed by atoms with E-state index in [-0.39, 0.29) is 0 Å². The van der Waals surface area contributed by atoms with Crippen LogP contribution in [0.3, 0.4) is 0 Å². The van der Waals surface area contributed by atoms with E-state index in [1.807, 2.05) is 13.0 Å². The molecule has 1 heterocycles. The van der Waals surface area contributed by atoms with Crippen LogP contribution in [-0.2, 0) is 0 Å². The minimum Gasteiger partial charge on any atom is -0.387 e. The van der Waals surface area contributed by atoms with Gasteiger partial charge in [0.05, 0.1) is 17.6 Å². The Morgan fingerprint density at radius 1 is 1.26 bits per heavy atom. The van der Waals surface area contributed by atoms with Crippen molar-refractivity contribution >= 4 is 0 Å². The Morgan fingerprint density at radius 2 is 1.89 bits per heavy atom. The minimum absolute atomic E-state index is 0.631. The van der Waals surface area contributed by atoms with Gasteiger partial charge in [0.1, 0.15) is 0 Å². The molecule has 0 radical (unpaired) electrons. The molecule has 0 spiro atoms. The molecule has 1 unspecified atom stereocenters. The minimum atomic E-state index is -0.718. The molecular formula is C16H22N2O. The molecule has 2 rings (SSSR count). The predicted octanol–water partition coefficient (Wildman–Crippen LogP) is 3.68. The van der Waals surface area contributed by atoms with Gasteiger partial charge in [0.15, 0.2) is 0 Å². The molecule has 3 nitrogen and oxygen atoms in total. The third kappa shape index (κ3) is 2.96. The zero-order valence-corrected chi connectivity index (χ0v) is 11.6. The van der Waals surface area contributed by atoms with E-state index in [9.17, 15) is 10.4 Å². The highest BCUT2D eigenvalue weighted by molar-refractivity contribution is 5.27. The van der Waals surface area contributed by atoms with Gasteiger partial charge in [0.2, 0.25) is 0 Å². The maximum atomic E-state index is 10.7. The second-order valence-corrected chi connectivity index (χ2v) is 5.67. The molecule has 1 aliphatic carbocycles. The molecule has 1 fully saturated rings. The van der Waals surface area contributed by atoms with Crippen molar-refractivity contribution in [2.24, 2.45) is 5.41 Å². The molecule has 1 saturated carbocycles. The van der Waals surface area contributed by atoms with Crippen molar-refractivity contribution in [2.75, 3.05) is 0 Å². The van der Waals surface area contributed by atoms with Gasteiger partial charge in [0.25, 0.3) is 0 Å². The summed E-state index contributed by atoms with van der Waals surface area (Å²) in [5.41, 5.74) is 1.19. The van der Waals surface area contributed by atoms with Crippen LogP contribution in [0.4, 0.5) is 0 Å². The van der Waals surface area contributed by atoms with E-state index in [4.69, 9.17) is 0 Å². The fourth-order valence-corrected chi connectivity index (χ4v) is 3.04. The van der Waals surface area contributed by atoms with Crippen LogP contribution in [0.1, 0.15) is 62.2 Å². The Bertz CT molecular complexity index is 456. The first-order valence-corrected chi connectivity index (χ1v) is 7.19. The van der Waals surface area contributed by atoms with Crippen molar-refractivity contribution in [1.82, 2.24) is 4.98 Å². The lowest BCUT2D eigenvalue weighted by Crippen LogP contribution is -2.29. The number of nitriles is 1. The molecule has 19 heavy (non-hydrogen) atoms. The summed E-state index contributed by atoms with van der Waals surface area (Å²) >= 11 is 0. The summed E-state index contributed by atoms with van der Waals surface area (Å²) in [5.74, 6) is 0. The molecule has 102 valence electrons.